The highest BCUT2D eigenvalue weighted by molar-refractivity contribution is 8.77. The Balaban J connectivity index is 0.889. The van der Waals surface area contributed by atoms with Crippen molar-refractivity contribution < 1.29 is 55.4 Å². The number of carbonyl (C=O) groups excluding carboxylic acids is 4. The number of Topliss-reactive ketones (excluding diaryl/α,β-unsaturated/α-hetero) is 1. The molecule has 5 aromatic carbocycles. The second-order valence-electron chi connectivity index (χ2n) is 21.2. The Hall–Kier alpha value is -6.22. The van der Waals surface area contributed by atoms with Crippen molar-refractivity contribution in [2.45, 2.75) is 127 Å². The quantitative estimate of drug-likeness (QED) is 0.0133. The second-order valence-corrected chi connectivity index (χ2v) is 26.3. The highest BCUT2D eigenvalue weighted by Gasteiger charge is 2.39. The van der Waals surface area contributed by atoms with E-state index < -0.39 is 15.4 Å². The number of anilines is 3. The van der Waals surface area contributed by atoms with Gasteiger partial charge in [0.2, 0.25) is 11.8 Å². The van der Waals surface area contributed by atoms with Crippen LogP contribution in [0.25, 0.3) is 0 Å². The average molecular weight is 1150 g/mol. The molecule has 0 radical (unpaired) electrons. The van der Waals surface area contributed by atoms with Gasteiger partial charge in [-0.1, -0.05) is 71.0 Å². The molecule has 0 spiro atoms. The van der Waals surface area contributed by atoms with Gasteiger partial charge in [0.05, 0.1) is 26.5 Å². The topological polar surface area (TPSA) is 182 Å². The van der Waals surface area contributed by atoms with Gasteiger partial charge in [0, 0.05) is 76.4 Å². The SMILES string of the molecule is CCNOCCCCC(=O)C(CCSSC(C)(C)CCC(=O)Nc1cc(COc2cc3c(cc2C)C(=O)N2c4ccccc4C[C@H]2[C-]=[N+]3C)cc(COc2cc3c(cc2OC)C(=O)N2c4ccccc4C[C@H]2CC3)c1)S(=O)(=O)OC. The first-order chi connectivity index (χ1) is 38.5. The molecule has 0 aromatic heterocycles. The van der Waals surface area contributed by atoms with Gasteiger partial charge in [0.1, 0.15) is 31.3 Å². The number of hydroxylamine groups is 1. The Labute approximate surface area is 477 Å². The summed E-state index contributed by atoms with van der Waals surface area (Å²) in [5.41, 5.74) is 12.5. The number of aryl methyl sites for hydroxylation is 2. The number of benzene rings is 5. The van der Waals surface area contributed by atoms with Crippen LogP contribution in [0, 0.1) is 6.92 Å². The van der Waals surface area contributed by atoms with Gasteiger partial charge in [0.25, 0.3) is 16.0 Å². The average Bonchev–Trinajstić information content (AvgIpc) is 4.01. The van der Waals surface area contributed by atoms with Crippen LogP contribution < -0.4 is 34.8 Å². The van der Waals surface area contributed by atoms with E-state index in [2.05, 4.69) is 29.1 Å². The molecule has 1 unspecified atom stereocenters. The van der Waals surface area contributed by atoms with E-state index in [-0.39, 0.29) is 72.8 Å². The fourth-order valence-corrected chi connectivity index (χ4v) is 14.8. The van der Waals surface area contributed by atoms with Crippen LogP contribution >= 0.6 is 21.6 Å². The van der Waals surface area contributed by atoms with Crippen LogP contribution in [0.2, 0.25) is 0 Å². The van der Waals surface area contributed by atoms with E-state index in [0.717, 1.165) is 59.1 Å². The molecule has 0 saturated heterocycles. The molecular weight excluding hydrogens is 1070 g/mol. The third-order valence-electron chi connectivity index (χ3n) is 15.0. The zero-order valence-corrected chi connectivity index (χ0v) is 49.0. The number of rotatable bonds is 26. The largest absolute Gasteiger partial charge is 0.493 e. The number of para-hydroxylation sites is 2. The van der Waals surface area contributed by atoms with E-state index in [1.165, 1.54) is 16.4 Å². The minimum Gasteiger partial charge on any atom is -0.493 e. The number of fused-ring (bicyclic) bond motifs is 8. The summed E-state index contributed by atoms with van der Waals surface area (Å²) in [5.74, 6) is 1.18. The van der Waals surface area contributed by atoms with Crippen molar-refractivity contribution in [2.24, 2.45) is 0 Å². The van der Waals surface area contributed by atoms with Crippen molar-refractivity contribution >= 4 is 84.2 Å². The molecule has 4 heterocycles. The molecule has 0 aliphatic carbocycles. The van der Waals surface area contributed by atoms with Gasteiger partial charge >= 0.3 is 0 Å². The minimum absolute atomic E-state index is 0.0532. The second kappa shape index (κ2) is 25.7. The van der Waals surface area contributed by atoms with E-state index in [9.17, 15) is 27.6 Å². The smallest absolute Gasteiger partial charge is 0.277 e. The minimum atomic E-state index is -4.08. The summed E-state index contributed by atoms with van der Waals surface area (Å²) in [7, 11) is 3.47. The van der Waals surface area contributed by atoms with E-state index in [4.69, 9.17) is 23.2 Å². The molecule has 9 rings (SSSR count). The maximum absolute atomic E-state index is 14.2. The van der Waals surface area contributed by atoms with Gasteiger partial charge in [-0.15, -0.1) is 0 Å². The first-order valence-electron chi connectivity index (χ1n) is 27.3. The Morgan fingerprint density at radius 2 is 1.51 bits per heavy atom. The first-order valence-corrected chi connectivity index (χ1v) is 31.1. The molecule has 3 amide bonds. The Morgan fingerprint density at radius 1 is 0.825 bits per heavy atom. The van der Waals surface area contributed by atoms with Crippen molar-refractivity contribution in [3.63, 3.8) is 0 Å². The normalized spacial score (nSPS) is 16.8. The number of nitrogens with one attached hydrogen (secondary N) is 2. The maximum atomic E-state index is 14.2. The lowest BCUT2D eigenvalue weighted by atomic mass is 9.99. The lowest BCUT2D eigenvalue weighted by molar-refractivity contribution is -0.401. The molecule has 3 atom stereocenters. The van der Waals surface area contributed by atoms with Crippen molar-refractivity contribution in [1.29, 1.82) is 0 Å². The van der Waals surface area contributed by atoms with Crippen LogP contribution in [-0.2, 0) is 61.2 Å². The summed E-state index contributed by atoms with van der Waals surface area (Å²) in [6, 6.07) is 29.1. The summed E-state index contributed by atoms with van der Waals surface area (Å²) in [6.07, 6.45) is 8.51. The van der Waals surface area contributed by atoms with Crippen molar-refractivity contribution in [3.05, 3.63) is 136 Å². The van der Waals surface area contributed by atoms with Crippen LogP contribution in [0.4, 0.5) is 22.7 Å². The summed E-state index contributed by atoms with van der Waals surface area (Å²) in [5, 5.41) is 1.86. The Morgan fingerprint density at radius 3 is 2.23 bits per heavy atom. The summed E-state index contributed by atoms with van der Waals surface area (Å²) < 4.78 is 50.9. The maximum Gasteiger partial charge on any atom is 0.277 e. The molecule has 0 bridgehead atoms. The van der Waals surface area contributed by atoms with Crippen LogP contribution in [0.3, 0.4) is 0 Å². The highest BCUT2D eigenvalue weighted by atomic mass is 33.1. The number of methoxy groups -OCH3 is 1. The zero-order chi connectivity index (χ0) is 56.7. The van der Waals surface area contributed by atoms with Gasteiger partial charge in [-0.05, 0) is 154 Å². The lowest BCUT2D eigenvalue weighted by Gasteiger charge is -2.23. The number of hydrogen-bond acceptors (Lipinski definition) is 14. The molecule has 80 heavy (non-hydrogen) atoms. The lowest BCUT2D eigenvalue weighted by Crippen LogP contribution is -2.38. The van der Waals surface area contributed by atoms with E-state index in [1.807, 2.05) is 122 Å². The van der Waals surface area contributed by atoms with Crippen LogP contribution in [0.1, 0.15) is 120 Å². The summed E-state index contributed by atoms with van der Waals surface area (Å²) >= 11 is 0. The van der Waals surface area contributed by atoms with Crippen molar-refractivity contribution in [2.75, 3.05) is 55.3 Å². The highest BCUT2D eigenvalue weighted by Crippen LogP contribution is 2.43. The van der Waals surface area contributed by atoms with E-state index in [1.54, 1.807) is 24.0 Å². The zero-order valence-electron chi connectivity index (χ0n) is 46.6. The molecule has 4 aliphatic rings. The van der Waals surface area contributed by atoms with Crippen LogP contribution in [0.5, 0.6) is 17.2 Å². The van der Waals surface area contributed by atoms with Crippen LogP contribution in [-0.4, -0.2) is 105 Å². The standard InChI is InChI=1S/C61H71N5O11S3/c1-8-62-77-25-14-13-19-53(67)57(80(71,72)74-7)23-26-78-79-61(3,4)24-22-58(68)63-45-29-40(37-75-54-35-52-49(27-39(54)2)60(70)66-47(36-64(52)5)32-44-16-10-12-18-51(44)66)28-41(30-45)38-76-56-33-42-20-21-46-31-43-15-9-11-17-50(43)65(46)59(69)48(42)34-55(56)73-6/h9-12,15-18,27-30,33-35,46-47,57,62H,8,13-14,19-26,31-32,37-38H2,1-7H3,(H,63,68)/t46-,47+,57?/m1/s1. The molecule has 4 aliphatic heterocycles. The molecule has 5 aromatic rings. The van der Waals surface area contributed by atoms with Gasteiger partial charge in [-0.2, -0.15) is 8.42 Å². The Bertz CT molecular complexity index is 3290. The number of nitrogens with zero attached hydrogens (tertiary/aromatic N) is 3. The molecule has 2 N–H and O–H groups in total. The third-order valence-corrected chi connectivity index (χ3v) is 20.1. The van der Waals surface area contributed by atoms with Gasteiger partial charge in [-0.25, -0.2) is 5.48 Å². The van der Waals surface area contributed by atoms with Crippen LogP contribution in [0.15, 0.2) is 91.0 Å². The molecule has 424 valence electrons. The predicted octanol–water partition coefficient (Wildman–Crippen LogP) is 10.4. The predicted molar refractivity (Wildman–Crippen MR) is 315 cm³/mol. The molecule has 16 nitrogen and oxygen atoms in total. The third kappa shape index (κ3) is 13.4. The molecule has 19 heteroatoms. The number of ether oxygens (including phenoxy) is 3. The number of ketones is 1. The van der Waals surface area contributed by atoms with E-state index >= 15 is 0 Å². The number of unbranched alkanes of at least 4 members (excludes halogenated alkanes) is 1. The van der Waals surface area contributed by atoms with Gasteiger partial charge in [-0.3, -0.25) is 23.4 Å². The summed E-state index contributed by atoms with van der Waals surface area (Å²) in [4.78, 5) is 64.4. The number of amides is 3. The molecule has 0 fully saturated rings. The number of carbonyl (C=O) groups is 4. The van der Waals surface area contributed by atoms with Crippen molar-refractivity contribution in [3.8, 4) is 17.2 Å². The molecular formula is C61H71N5O11S3. The fourth-order valence-electron chi connectivity index (χ4n) is 10.9. The monoisotopic (exact) mass is 1150 g/mol. The number of hydrogen-bond donors (Lipinski definition) is 2. The van der Waals surface area contributed by atoms with E-state index in [0.29, 0.717) is 90.8 Å². The molecule has 0 saturated carbocycles. The fraction of sp³-hybridized carbons (Fsp3) is 0.426. The first kappa shape index (κ1) is 58.4. The summed E-state index contributed by atoms with van der Waals surface area (Å²) in [6.45, 7) is 9.20. The Kier molecular flexibility index (Phi) is 18.8. The van der Waals surface area contributed by atoms with Gasteiger partial charge in [0.15, 0.2) is 17.3 Å². The van der Waals surface area contributed by atoms with Crippen molar-refractivity contribution in [1.82, 2.24) is 5.48 Å². The van der Waals surface area contributed by atoms with Gasteiger partial charge < -0.3 is 38.7 Å².